The number of hydrogen-bond acceptors (Lipinski definition) is 2. The average molecular weight is 423 g/mol. The Morgan fingerprint density at radius 1 is 0.467 bits per heavy atom. The largest absolute Gasteiger partial charge is 0.463 e. The Balaban J connectivity index is 2.56. The Bertz CT molecular complexity index is 314. The van der Waals surface area contributed by atoms with E-state index < -0.39 is 0 Å². The van der Waals surface area contributed by atoms with Crippen molar-refractivity contribution < 1.29 is 9.31 Å². The van der Waals surface area contributed by atoms with Crippen molar-refractivity contribution in [2.45, 2.75) is 161 Å². The maximum atomic E-state index is 6.18. The summed E-state index contributed by atoms with van der Waals surface area (Å²) in [5, 5.41) is 0.275. The Morgan fingerprint density at radius 2 is 0.767 bits per heavy atom. The van der Waals surface area contributed by atoms with E-state index in [1.165, 1.54) is 135 Å². The molecule has 0 spiro atoms. The van der Waals surface area contributed by atoms with E-state index in [2.05, 4.69) is 20.8 Å². The van der Waals surface area contributed by atoms with Gasteiger partial charge >= 0.3 is 7.12 Å². The molecule has 0 aromatic heterocycles. The molecule has 0 atom stereocenters. The molecule has 0 N–H and O–H groups in total. The van der Waals surface area contributed by atoms with E-state index in [0.29, 0.717) is 0 Å². The highest BCUT2D eigenvalue weighted by Gasteiger charge is 2.46. The van der Waals surface area contributed by atoms with Gasteiger partial charge in [0.05, 0.1) is 13.2 Å². The van der Waals surface area contributed by atoms with Gasteiger partial charge in [0.2, 0.25) is 0 Å². The van der Waals surface area contributed by atoms with Crippen molar-refractivity contribution >= 4 is 7.12 Å². The number of unbranched alkanes of at least 4 members (excludes halogenated alkanes) is 15. The van der Waals surface area contributed by atoms with Crippen LogP contribution in [-0.2, 0) is 9.31 Å². The molecule has 0 unspecified atom stereocenters. The third-order valence-corrected chi connectivity index (χ3v) is 7.21. The zero-order valence-corrected chi connectivity index (χ0v) is 21.2. The summed E-state index contributed by atoms with van der Waals surface area (Å²) in [5.41, 5.74) is 0. The summed E-state index contributed by atoms with van der Waals surface area (Å²) in [5.74, 6) is 0. The quantitative estimate of drug-likeness (QED) is 0.128. The summed E-state index contributed by atoms with van der Waals surface area (Å²) in [6.45, 7) is 8.52. The second kappa shape index (κ2) is 19.7. The first-order chi connectivity index (χ1) is 14.8. The molecule has 0 radical (unpaired) electrons. The van der Waals surface area contributed by atoms with Gasteiger partial charge in [0.1, 0.15) is 0 Å². The summed E-state index contributed by atoms with van der Waals surface area (Å²) in [7, 11) is 0.0689. The predicted molar refractivity (Wildman–Crippen MR) is 134 cm³/mol. The fraction of sp³-hybridized carbons (Fsp3) is 1.00. The molecule has 1 aliphatic heterocycles. The minimum atomic E-state index is 0.0689. The van der Waals surface area contributed by atoms with Crippen molar-refractivity contribution in [3.8, 4) is 0 Å². The normalized spacial score (nSPS) is 14.7. The molecular formula is C27H55BO2. The van der Waals surface area contributed by atoms with Crippen molar-refractivity contribution in [2.75, 3.05) is 13.2 Å². The third-order valence-electron chi connectivity index (χ3n) is 7.21. The van der Waals surface area contributed by atoms with E-state index in [-0.39, 0.29) is 12.4 Å². The van der Waals surface area contributed by atoms with Crippen LogP contribution in [0.1, 0.15) is 156 Å². The standard InChI is InChI=1S/C27H55BO2/c1-4-7-10-13-16-19-22-27(28-29-25-26-30-28,23-20-17-14-11-8-5-2)24-21-18-15-12-9-6-3/h4-26H2,1-3H3. The first-order valence-electron chi connectivity index (χ1n) is 14.0. The molecule has 0 bridgehead atoms. The topological polar surface area (TPSA) is 18.5 Å². The molecule has 0 aromatic rings. The molecule has 0 saturated carbocycles. The molecule has 0 amide bonds. The van der Waals surface area contributed by atoms with Crippen LogP contribution in [0.15, 0.2) is 0 Å². The highest BCUT2D eigenvalue weighted by molar-refractivity contribution is 6.49. The Morgan fingerprint density at radius 3 is 1.10 bits per heavy atom. The Labute approximate surface area is 190 Å². The van der Waals surface area contributed by atoms with Crippen molar-refractivity contribution in [3.63, 3.8) is 0 Å². The molecule has 2 nitrogen and oxygen atoms in total. The first-order valence-corrected chi connectivity index (χ1v) is 14.0. The highest BCUT2D eigenvalue weighted by Crippen LogP contribution is 2.48. The van der Waals surface area contributed by atoms with Crippen LogP contribution in [0.4, 0.5) is 0 Å². The molecule has 0 aromatic carbocycles. The number of hydrogen-bond donors (Lipinski definition) is 0. The first kappa shape index (κ1) is 28.0. The minimum Gasteiger partial charge on any atom is -0.408 e. The van der Waals surface area contributed by atoms with E-state index in [0.717, 1.165) is 13.2 Å². The smallest absolute Gasteiger partial charge is 0.408 e. The van der Waals surface area contributed by atoms with Gasteiger partial charge in [-0.2, -0.15) is 0 Å². The maximum Gasteiger partial charge on any atom is 0.463 e. The van der Waals surface area contributed by atoms with Crippen molar-refractivity contribution in [1.29, 1.82) is 0 Å². The van der Waals surface area contributed by atoms with Crippen LogP contribution in [-0.4, -0.2) is 20.3 Å². The van der Waals surface area contributed by atoms with Crippen molar-refractivity contribution in [1.82, 2.24) is 0 Å². The van der Waals surface area contributed by atoms with E-state index >= 15 is 0 Å². The monoisotopic (exact) mass is 422 g/mol. The number of rotatable bonds is 22. The molecule has 1 fully saturated rings. The highest BCUT2D eigenvalue weighted by atomic mass is 16.6. The minimum absolute atomic E-state index is 0.0689. The van der Waals surface area contributed by atoms with E-state index in [4.69, 9.17) is 9.31 Å². The lowest BCUT2D eigenvalue weighted by Crippen LogP contribution is -2.35. The SMILES string of the molecule is CCCCCCCCC(CCCCCCCC)(CCCCCCCC)B1OCCO1. The lowest BCUT2D eigenvalue weighted by molar-refractivity contribution is 0.267. The van der Waals surface area contributed by atoms with Gasteiger partial charge in [0, 0.05) is 5.31 Å². The van der Waals surface area contributed by atoms with Crippen LogP contribution < -0.4 is 0 Å². The third kappa shape index (κ3) is 12.7. The van der Waals surface area contributed by atoms with Crippen LogP contribution in [0.25, 0.3) is 0 Å². The Kier molecular flexibility index (Phi) is 18.4. The Hall–Kier alpha value is -0.0151. The van der Waals surface area contributed by atoms with E-state index in [9.17, 15) is 0 Å². The van der Waals surface area contributed by atoms with Gasteiger partial charge in [-0.1, -0.05) is 136 Å². The second-order valence-corrected chi connectivity index (χ2v) is 9.99. The summed E-state index contributed by atoms with van der Waals surface area (Å²) >= 11 is 0. The van der Waals surface area contributed by atoms with Crippen LogP contribution in [0.3, 0.4) is 0 Å². The van der Waals surface area contributed by atoms with Gasteiger partial charge in [-0.05, 0) is 19.3 Å². The molecule has 1 rings (SSSR count). The predicted octanol–water partition coefficient (Wildman–Crippen LogP) is 9.51. The summed E-state index contributed by atoms with van der Waals surface area (Å²) < 4.78 is 12.4. The van der Waals surface area contributed by atoms with Gasteiger partial charge < -0.3 is 9.31 Å². The molecule has 1 heterocycles. The van der Waals surface area contributed by atoms with Gasteiger partial charge in [-0.15, -0.1) is 0 Å². The van der Waals surface area contributed by atoms with Gasteiger partial charge in [-0.3, -0.25) is 0 Å². The van der Waals surface area contributed by atoms with Crippen LogP contribution in [0.5, 0.6) is 0 Å². The van der Waals surface area contributed by atoms with Crippen LogP contribution in [0.2, 0.25) is 5.31 Å². The van der Waals surface area contributed by atoms with Gasteiger partial charge in [0.25, 0.3) is 0 Å². The molecule has 178 valence electrons. The zero-order valence-electron chi connectivity index (χ0n) is 21.2. The van der Waals surface area contributed by atoms with Crippen molar-refractivity contribution in [2.24, 2.45) is 0 Å². The molecule has 30 heavy (non-hydrogen) atoms. The van der Waals surface area contributed by atoms with E-state index in [1.807, 2.05) is 0 Å². The molecule has 1 aliphatic rings. The van der Waals surface area contributed by atoms with Crippen LogP contribution >= 0.6 is 0 Å². The summed E-state index contributed by atoms with van der Waals surface area (Å²) in [6, 6.07) is 0. The lowest BCUT2D eigenvalue weighted by Gasteiger charge is -2.35. The van der Waals surface area contributed by atoms with Crippen molar-refractivity contribution in [3.05, 3.63) is 0 Å². The summed E-state index contributed by atoms with van der Waals surface area (Å²) in [6.07, 6.45) is 28.9. The van der Waals surface area contributed by atoms with Gasteiger partial charge in [-0.25, -0.2) is 0 Å². The van der Waals surface area contributed by atoms with Crippen LogP contribution in [0, 0.1) is 0 Å². The fourth-order valence-corrected chi connectivity index (χ4v) is 5.21. The maximum absolute atomic E-state index is 6.18. The zero-order chi connectivity index (χ0) is 21.8. The molecule has 3 heteroatoms. The lowest BCUT2D eigenvalue weighted by atomic mass is 9.51. The molecule has 0 aliphatic carbocycles. The van der Waals surface area contributed by atoms with Gasteiger partial charge in [0.15, 0.2) is 0 Å². The molecule has 1 saturated heterocycles. The average Bonchev–Trinajstić information content (AvgIpc) is 3.30. The van der Waals surface area contributed by atoms with E-state index in [1.54, 1.807) is 0 Å². The summed E-state index contributed by atoms with van der Waals surface area (Å²) in [4.78, 5) is 0. The molecular weight excluding hydrogens is 367 g/mol. The fourth-order valence-electron chi connectivity index (χ4n) is 5.21. The second-order valence-electron chi connectivity index (χ2n) is 9.99.